The minimum absolute atomic E-state index is 0.00519. The first-order chi connectivity index (χ1) is 10.6. The van der Waals surface area contributed by atoms with E-state index >= 15 is 0 Å². The lowest BCUT2D eigenvalue weighted by Crippen LogP contribution is -2.49. The molecule has 0 heterocycles. The minimum Gasteiger partial charge on any atom is -0.459 e. The van der Waals surface area contributed by atoms with E-state index in [1.165, 1.54) is 6.92 Å². The Morgan fingerprint density at radius 2 is 1.42 bits per heavy atom. The van der Waals surface area contributed by atoms with Crippen molar-refractivity contribution in [2.24, 2.45) is 17.3 Å². The van der Waals surface area contributed by atoms with E-state index in [0.29, 0.717) is 0 Å². The summed E-state index contributed by atoms with van der Waals surface area (Å²) in [4.78, 5) is 12.2. The fraction of sp³-hybridized carbons (Fsp3) is 0.944. The van der Waals surface area contributed by atoms with Gasteiger partial charge in [0.25, 0.3) is 0 Å². The van der Waals surface area contributed by atoms with Crippen LogP contribution in [0.3, 0.4) is 0 Å². The molecule has 0 aromatic rings. The third-order valence-corrected chi connectivity index (χ3v) is 5.85. The van der Waals surface area contributed by atoms with Gasteiger partial charge in [0.2, 0.25) is 0 Å². The first-order valence-electron chi connectivity index (χ1n) is 8.67. The van der Waals surface area contributed by atoms with E-state index in [4.69, 9.17) is 4.74 Å². The van der Waals surface area contributed by atoms with Crippen LogP contribution in [0.1, 0.15) is 73.6 Å². The summed E-state index contributed by atoms with van der Waals surface area (Å²) >= 11 is 0. The molecule has 1 N–H and O–H groups in total. The van der Waals surface area contributed by atoms with Crippen LogP contribution in [0, 0.1) is 17.3 Å². The maximum Gasteiger partial charge on any atom is 0.404 e. The third-order valence-electron chi connectivity index (χ3n) is 5.85. The average molecular weight is 352 g/mol. The lowest BCUT2D eigenvalue weighted by molar-refractivity contribution is -0.239. The molecule has 3 nitrogen and oxygen atoms in total. The summed E-state index contributed by atoms with van der Waals surface area (Å²) in [6.07, 6.45) is -1.98. The SMILES string of the molecule is CCC(C)(C(=O)OC(C)(C)C1CCC(C(C)(C)O)CC1)C(F)(F)F. The molecule has 0 saturated heterocycles. The molecule has 1 unspecified atom stereocenters. The molecule has 0 radical (unpaired) electrons. The second kappa shape index (κ2) is 6.85. The molecule has 24 heavy (non-hydrogen) atoms. The van der Waals surface area contributed by atoms with Gasteiger partial charge in [-0.15, -0.1) is 0 Å². The predicted octanol–water partition coefficient (Wildman–Crippen LogP) is 4.86. The van der Waals surface area contributed by atoms with Crippen molar-refractivity contribution >= 4 is 5.97 Å². The Hall–Kier alpha value is -0.780. The summed E-state index contributed by atoms with van der Waals surface area (Å²) in [6.45, 7) is 9.17. The minimum atomic E-state index is -4.63. The van der Waals surface area contributed by atoms with Gasteiger partial charge in [-0.1, -0.05) is 6.92 Å². The Labute approximate surface area is 143 Å². The Bertz CT molecular complexity index is 443. The molecule has 1 fully saturated rings. The van der Waals surface area contributed by atoms with Crippen molar-refractivity contribution in [3.63, 3.8) is 0 Å². The number of aliphatic hydroxyl groups is 1. The van der Waals surface area contributed by atoms with Gasteiger partial charge >= 0.3 is 12.1 Å². The average Bonchev–Trinajstić information content (AvgIpc) is 2.43. The molecule has 0 aliphatic heterocycles. The molecule has 1 atom stereocenters. The number of carbonyl (C=O) groups excluding carboxylic acids is 1. The van der Waals surface area contributed by atoms with Crippen molar-refractivity contribution in [1.82, 2.24) is 0 Å². The summed E-state index contributed by atoms with van der Waals surface area (Å²) in [6, 6.07) is 0. The van der Waals surface area contributed by atoms with Gasteiger partial charge in [0.05, 0.1) is 5.60 Å². The van der Waals surface area contributed by atoms with E-state index in [0.717, 1.165) is 32.6 Å². The summed E-state index contributed by atoms with van der Waals surface area (Å²) in [7, 11) is 0. The van der Waals surface area contributed by atoms with Crippen molar-refractivity contribution in [3.8, 4) is 0 Å². The predicted molar refractivity (Wildman–Crippen MR) is 86.4 cm³/mol. The quantitative estimate of drug-likeness (QED) is 0.719. The molecule has 0 aromatic carbocycles. The first-order valence-corrected chi connectivity index (χ1v) is 8.67. The molecule has 0 spiro atoms. The number of esters is 1. The van der Waals surface area contributed by atoms with Crippen LogP contribution in [0.15, 0.2) is 0 Å². The largest absolute Gasteiger partial charge is 0.459 e. The maximum absolute atomic E-state index is 13.2. The maximum atomic E-state index is 13.2. The highest BCUT2D eigenvalue weighted by atomic mass is 19.4. The molecule has 0 aromatic heterocycles. The van der Waals surface area contributed by atoms with E-state index in [1.54, 1.807) is 27.7 Å². The zero-order valence-corrected chi connectivity index (χ0v) is 15.6. The molecule has 6 heteroatoms. The summed E-state index contributed by atoms with van der Waals surface area (Å²) in [5.41, 5.74) is -4.19. The van der Waals surface area contributed by atoms with Gasteiger partial charge in [-0.2, -0.15) is 13.2 Å². The summed E-state index contributed by atoms with van der Waals surface area (Å²) in [5, 5.41) is 10.1. The van der Waals surface area contributed by atoms with Gasteiger partial charge in [0, 0.05) is 0 Å². The molecule has 142 valence electrons. The lowest BCUT2D eigenvalue weighted by Gasteiger charge is -2.43. The number of hydrogen-bond donors (Lipinski definition) is 1. The monoisotopic (exact) mass is 352 g/mol. The number of hydrogen-bond acceptors (Lipinski definition) is 3. The van der Waals surface area contributed by atoms with E-state index in [1.807, 2.05) is 0 Å². The van der Waals surface area contributed by atoms with Crippen molar-refractivity contribution in [3.05, 3.63) is 0 Å². The standard InChI is InChI=1S/C18H31F3O3/c1-7-17(6,18(19,20)21)14(22)24-16(4,5)13-10-8-12(9-11-13)15(2,3)23/h12-13,23H,7-11H2,1-6H3. The molecule has 1 aliphatic carbocycles. The van der Waals surface area contributed by atoms with Gasteiger partial charge in [-0.05, 0) is 78.6 Å². The highest BCUT2D eigenvalue weighted by Gasteiger charge is 2.57. The molecule has 0 amide bonds. The van der Waals surface area contributed by atoms with Crippen molar-refractivity contribution in [1.29, 1.82) is 0 Å². The van der Waals surface area contributed by atoms with Crippen LogP contribution >= 0.6 is 0 Å². The fourth-order valence-corrected chi connectivity index (χ4v) is 3.39. The van der Waals surface area contributed by atoms with Crippen LogP contribution in [-0.2, 0) is 9.53 Å². The van der Waals surface area contributed by atoms with Crippen molar-refractivity contribution in [2.75, 3.05) is 0 Å². The molecule has 1 aliphatic rings. The number of carbonyl (C=O) groups is 1. The number of halogens is 3. The van der Waals surface area contributed by atoms with Crippen molar-refractivity contribution in [2.45, 2.75) is 91.0 Å². The van der Waals surface area contributed by atoms with Crippen LogP contribution in [0.4, 0.5) is 13.2 Å². The zero-order valence-electron chi connectivity index (χ0n) is 15.6. The topological polar surface area (TPSA) is 46.5 Å². The first kappa shape index (κ1) is 21.3. The van der Waals surface area contributed by atoms with E-state index in [2.05, 4.69) is 0 Å². The van der Waals surface area contributed by atoms with Gasteiger partial charge in [-0.3, -0.25) is 4.79 Å². The Morgan fingerprint density at radius 1 is 1.00 bits per heavy atom. The van der Waals surface area contributed by atoms with Gasteiger partial charge in [0.1, 0.15) is 5.60 Å². The molecule has 1 saturated carbocycles. The fourth-order valence-electron chi connectivity index (χ4n) is 3.39. The zero-order chi connectivity index (χ0) is 19.0. The van der Waals surface area contributed by atoms with Crippen LogP contribution < -0.4 is 0 Å². The van der Waals surface area contributed by atoms with Gasteiger partial charge in [0.15, 0.2) is 5.41 Å². The number of alkyl halides is 3. The van der Waals surface area contributed by atoms with Gasteiger partial charge < -0.3 is 9.84 Å². The molecular weight excluding hydrogens is 321 g/mol. The number of rotatable bonds is 5. The molecule has 1 rings (SSSR count). The highest BCUT2D eigenvalue weighted by molar-refractivity contribution is 5.77. The highest BCUT2D eigenvalue weighted by Crippen LogP contribution is 2.45. The Kier molecular flexibility index (Phi) is 6.07. The lowest BCUT2D eigenvalue weighted by atomic mass is 9.70. The second-order valence-corrected chi connectivity index (χ2v) is 8.38. The van der Waals surface area contributed by atoms with Crippen LogP contribution in [0.5, 0.6) is 0 Å². The molecule has 0 bridgehead atoms. The third kappa shape index (κ3) is 4.44. The van der Waals surface area contributed by atoms with E-state index in [9.17, 15) is 23.1 Å². The normalized spacial score (nSPS) is 25.9. The van der Waals surface area contributed by atoms with Crippen LogP contribution in [-0.4, -0.2) is 28.5 Å². The smallest absolute Gasteiger partial charge is 0.404 e. The van der Waals surface area contributed by atoms with Crippen LogP contribution in [0.2, 0.25) is 0 Å². The summed E-state index contributed by atoms with van der Waals surface area (Å²) in [5.74, 6) is -1.04. The molecular formula is C18H31F3O3. The second-order valence-electron chi connectivity index (χ2n) is 8.38. The summed E-state index contributed by atoms with van der Waals surface area (Å²) < 4.78 is 45.0. The van der Waals surface area contributed by atoms with E-state index < -0.39 is 28.8 Å². The van der Waals surface area contributed by atoms with E-state index in [-0.39, 0.29) is 18.3 Å². The van der Waals surface area contributed by atoms with Crippen molar-refractivity contribution < 1.29 is 27.8 Å². The Balaban J connectivity index is 2.79. The van der Waals surface area contributed by atoms with Gasteiger partial charge in [-0.25, -0.2) is 0 Å². The Morgan fingerprint density at radius 3 is 1.75 bits per heavy atom. The van der Waals surface area contributed by atoms with Crippen LogP contribution in [0.25, 0.3) is 0 Å². The number of ether oxygens (including phenoxy) is 1.